The van der Waals surface area contributed by atoms with Gasteiger partial charge in [0.1, 0.15) is 0 Å². The molecule has 150 valence electrons. The molecule has 27 heavy (non-hydrogen) atoms. The first-order valence-corrected chi connectivity index (χ1v) is 9.50. The minimum Gasteiger partial charge on any atom is -0.474 e. The number of rotatable bonds is 8. The SMILES string of the molecule is CCN(CC)S(=O)(=O)c1ccc(OC(C)C(=O)NC(=O)NC)c([N+](=O)[O-])c1. The maximum absolute atomic E-state index is 12.5. The summed E-state index contributed by atoms with van der Waals surface area (Å²) in [5, 5.41) is 15.5. The van der Waals surface area contributed by atoms with E-state index in [9.17, 15) is 28.1 Å². The van der Waals surface area contributed by atoms with E-state index in [0.717, 1.165) is 16.4 Å². The van der Waals surface area contributed by atoms with Crippen LogP contribution in [0.4, 0.5) is 10.5 Å². The van der Waals surface area contributed by atoms with Crippen molar-refractivity contribution in [2.24, 2.45) is 0 Å². The van der Waals surface area contributed by atoms with E-state index in [0.29, 0.717) is 0 Å². The highest BCUT2D eigenvalue weighted by atomic mass is 32.2. The lowest BCUT2D eigenvalue weighted by molar-refractivity contribution is -0.386. The van der Waals surface area contributed by atoms with Gasteiger partial charge in [0.15, 0.2) is 11.9 Å². The molecule has 1 unspecified atom stereocenters. The van der Waals surface area contributed by atoms with Gasteiger partial charge in [0, 0.05) is 26.2 Å². The Balaban J connectivity index is 3.19. The lowest BCUT2D eigenvalue weighted by Gasteiger charge is -2.19. The van der Waals surface area contributed by atoms with Gasteiger partial charge in [0.05, 0.1) is 9.82 Å². The van der Waals surface area contributed by atoms with Crippen molar-refractivity contribution in [1.29, 1.82) is 0 Å². The Labute approximate surface area is 156 Å². The van der Waals surface area contributed by atoms with E-state index >= 15 is 0 Å². The molecule has 12 heteroatoms. The smallest absolute Gasteiger partial charge is 0.321 e. The first kappa shape index (κ1) is 22.3. The third-order valence-electron chi connectivity index (χ3n) is 3.61. The average molecular weight is 402 g/mol. The normalized spacial score (nSPS) is 12.3. The first-order chi connectivity index (χ1) is 12.6. The Kier molecular flexibility index (Phi) is 7.67. The predicted molar refractivity (Wildman–Crippen MR) is 95.9 cm³/mol. The molecule has 0 fully saturated rings. The van der Waals surface area contributed by atoms with Gasteiger partial charge in [-0.15, -0.1) is 0 Å². The highest BCUT2D eigenvalue weighted by molar-refractivity contribution is 7.89. The van der Waals surface area contributed by atoms with Crippen LogP contribution in [-0.4, -0.2) is 55.8 Å². The number of urea groups is 1. The van der Waals surface area contributed by atoms with Gasteiger partial charge < -0.3 is 10.1 Å². The predicted octanol–water partition coefficient (Wildman–Crippen LogP) is 0.848. The third kappa shape index (κ3) is 5.37. The molecule has 11 nitrogen and oxygen atoms in total. The van der Waals surface area contributed by atoms with Crippen molar-refractivity contribution in [3.63, 3.8) is 0 Å². The van der Waals surface area contributed by atoms with Crippen LogP contribution in [0.5, 0.6) is 5.75 Å². The van der Waals surface area contributed by atoms with Gasteiger partial charge in [0.2, 0.25) is 10.0 Å². The first-order valence-electron chi connectivity index (χ1n) is 8.06. The Morgan fingerprint density at radius 2 is 1.89 bits per heavy atom. The van der Waals surface area contributed by atoms with Crippen LogP contribution in [0.25, 0.3) is 0 Å². The summed E-state index contributed by atoms with van der Waals surface area (Å²) in [7, 11) is -2.58. The van der Waals surface area contributed by atoms with Crippen LogP contribution in [0.3, 0.4) is 0 Å². The monoisotopic (exact) mass is 402 g/mol. The highest BCUT2D eigenvalue weighted by Gasteiger charge is 2.28. The van der Waals surface area contributed by atoms with E-state index < -0.39 is 38.7 Å². The summed E-state index contributed by atoms with van der Waals surface area (Å²) in [6, 6.07) is 2.40. The molecule has 0 bridgehead atoms. The summed E-state index contributed by atoms with van der Waals surface area (Å²) in [5.41, 5.74) is -0.608. The number of sulfonamides is 1. The molecule has 1 aromatic carbocycles. The number of nitrogens with zero attached hydrogens (tertiary/aromatic N) is 2. The number of nitrogens with one attached hydrogen (secondary N) is 2. The van der Waals surface area contributed by atoms with Crippen LogP contribution in [0, 0.1) is 10.1 Å². The van der Waals surface area contributed by atoms with E-state index in [4.69, 9.17) is 4.74 Å². The number of hydrogen-bond acceptors (Lipinski definition) is 7. The molecule has 0 aromatic heterocycles. The molecule has 0 saturated heterocycles. The molecular weight excluding hydrogens is 380 g/mol. The zero-order valence-electron chi connectivity index (χ0n) is 15.4. The molecule has 1 aromatic rings. The topological polar surface area (TPSA) is 148 Å². The Hall–Kier alpha value is -2.73. The van der Waals surface area contributed by atoms with Crippen LogP contribution in [0.1, 0.15) is 20.8 Å². The van der Waals surface area contributed by atoms with Crippen molar-refractivity contribution in [1.82, 2.24) is 14.9 Å². The lowest BCUT2D eigenvalue weighted by Crippen LogP contribution is -2.44. The molecule has 0 heterocycles. The fourth-order valence-electron chi connectivity index (χ4n) is 2.13. The van der Waals surface area contributed by atoms with Crippen molar-refractivity contribution in [2.75, 3.05) is 20.1 Å². The number of hydrogen-bond donors (Lipinski definition) is 2. The van der Waals surface area contributed by atoms with E-state index in [2.05, 4.69) is 5.32 Å². The number of nitro groups is 1. The summed E-state index contributed by atoms with van der Waals surface area (Å²) < 4.78 is 31.4. The maximum Gasteiger partial charge on any atom is 0.321 e. The molecule has 0 aliphatic carbocycles. The maximum atomic E-state index is 12.5. The van der Waals surface area contributed by atoms with E-state index in [1.165, 1.54) is 20.0 Å². The molecule has 3 amide bonds. The molecule has 0 radical (unpaired) electrons. The van der Waals surface area contributed by atoms with Gasteiger partial charge in [-0.3, -0.25) is 20.2 Å². The summed E-state index contributed by atoms with van der Waals surface area (Å²) in [6.45, 7) is 5.02. The Morgan fingerprint density at radius 1 is 1.30 bits per heavy atom. The summed E-state index contributed by atoms with van der Waals surface area (Å²) in [4.78, 5) is 33.2. The van der Waals surface area contributed by atoms with Crippen molar-refractivity contribution in [3.8, 4) is 5.75 Å². The number of benzene rings is 1. The molecule has 0 spiro atoms. The van der Waals surface area contributed by atoms with Crippen LogP contribution >= 0.6 is 0 Å². The molecular formula is C15H22N4O7S. The van der Waals surface area contributed by atoms with Gasteiger partial charge in [-0.25, -0.2) is 13.2 Å². The second kappa shape index (κ2) is 9.28. The average Bonchev–Trinajstić information content (AvgIpc) is 2.62. The molecule has 0 saturated carbocycles. The lowest BCUT2D eigenvalue weighted by atomic mass is 10.3. The fraction of sp³-hybridized carbons (Fsp3) is 0.467. The minimum absolute atomic E-state index is 0.210. The number of nitro benzene ring substituents is 1. The Morgan fingerprint density at radius 3 is 2.37 bits per heavy atom. The third-order valence-corrected chi connectivity index (χ3v) is 5.65. The minimum atomic E-state index is -3.90. The van der Waals surface area contributed by atoms with Gasteiger partial charge in [-0.05, 0) is 19.1 Å². The number of amides is 3. The van der Waals surface area contributed by atoms with E-state index in [1.807, 2.05) is 5.32 Å². The molecule has 0 aliphatic heterocycles. The molecule has 2 N–H and O–H groups in total. The molecule has 1 atom stereocenters. The zero-order valence-corrected chi connectivity index (χ0v) is 16.2. The summed E-state index contributed by atoms with van der Waals surface area (Å²) >= 11 is 0. The molecule has 1 rings (SSSR count). The number of imide groups is 1. The number of ether oxygens (including phenoxy) is 1. The Bertz CT molecular complexity index is 821. The van der Waals surface area contributed by atoms with Gasteiger partial charge >= 0.3 is 11.7 Å². The van der Waals surface area contributed by atoms with Crippen molar-refractivity contribution < 1.29 is 27.7 Å². The fourth-order valence-corrected chi connectivity index (χ4v) is 3.61. The van der Waals surface area contributed by atoms with Crippen molar-refractivity contribution in [2.45, 2.75) is 31.8 Å². The van der Waals surface area contributed by atoms with Crippen LogP contribution < -0.4 is 15.4 Å². The number of carbonyl (C=O) groups is 2. The summed E-state index contributed by atoms with van der Waals surface area (Å²) in [6.07, 6.45) is -1.23. The zero-order chi connectivity index (χ0) is 20.8. The molecule has 0 aliphatic rings. The van der Waals surface area contributed by atoms with E-state index in [1.54, 1.807) is 13.8 Å². The van der Waals surface area contributed by atoms with Crippen LogP contribution in [-0.2, 0) is 14.8 Å². The standard InChI is InChI=1S/C15H22N4O7S/c1-5-18(6-2)27(24,25)11-7-8-13(12(9-11)19(22)23)26-10(3)14(20)17-15(21)16-4/h7-10H,5-6H2,1-4H3,(H2,16,17,20,21). The number of carbonyl (C=O) groups excluding carboxylic acids is 2. The highest BCUT2D eigenvalue weighted by Crippen LogP contribution is 2.31. The van der Waals surface area contributed by atoms with Gasteiger partial charge in [0.25, 0.3) is 5.91 Å². The van der Waals surface area contributed by atoms with Crippen molar-refractivity contribution in [3.05, 3.63) is 28.3 Å². The van der Waals surface area contributed by atoms with Crippen LogP contribution in [0.15, 0.2) is 23.1 Å². The largest absolute Gasteiger partial charge is 0.474 e. The van der Waals surface area contributed by atoms with Crippen LogP contribution in [0.2, 0.25) is 0 Å². The van der Waals surface area contributed by atoms with Crippen molar-refractivity contribution >= 4 is 27.6 Å². The second-order valence-electron chi connectivity index (χ2n) is 5.30. The second-order valence-corrected chi connectivity index (χ2v) is 7.24. The summed E-state index contributed by atoms with van der Waals surface area (Å²) in [5.74, 6) is -1.11. The van der Waals surface area contributed by atoms with Gasteiger partial charge in [-0.2, -0.15) is 4.31 Å². The van der Waals surface area contributed by atoms with Gasteiger partial charge in [-0.1, -0.05) is 13.8 Å². The van der Waals surface area contributed by atoms with E-state index in [-0.39, 0.29) is 23.7 Å². The quantitative estimate of drug-likeness (QED) is 0.484.